The number of para-hydroxylation sites is 1. The molecule has 4 aromatic rings. The van der Waals surface area contributed by atoms with Crippen LogP contribution in [-0.2, 0) is 10.9 Å². The summed E-state index contributed by atoms with van der Waals surface area (Å²) in [7, 11) is 0. The van der Waals surface area contributed by atoms with E-state index in [9.17, 15) is 9.90 Å². The Morgan fingerprint density at radius 3 is 2.60 bits per heavy atom. The van der Waals surface area contributed by atoms with Crippen molar-refractivity contribution in [3.63, 3.8) is 0 Å². The van der Waals surface area contributed by atoms with Crippen LogP contribution in [0.5, 0.6) is 11.5 Å². The van der Waals surface area contributed by atoms with Crippen molar-refractivity contribution in [1.29, 1.82) is 0 Å². The summed E-state index contributed by atoms with van der Waals surface area (Å²) in [5.74, 6) is -0.770. The number of morpholine rings is 1. The lowest BCUT2D eigenvalue weighted by molar-refractivity contribution is -0.138. The normalized spacial score (nSPS) is 16.9. The highest BCUT2D eigenvalue weighted by molar-refractivity contribution is 7.13. The van der Waals surface area contributed by atoms with Crippen LogP contribution in [0, 0.1) is 0 Å². The third-order valence-electron chi connectivity index (χ3n) is 7.96. The fraction of sp³-hybridized carbons (Fsp3) is 0.355. The molecule has 236 valence electrons. The summed E-state index contributed by atoms with van der Waals surface area (Å²) in [6.07, 6.45) is -0.608. The number of ether oxygens (including phenoxy) is 2. The number of carbonyl (C=O) groups is 1. The van der Waals surface area contributed by atoms with E-state index in [0.717, 1.165) is 0 Å². The number of nitrogens with one attached hydrogen (secondary N) is 1. The number of anilines is 2. The molecule has 10 nitrogen and oxygen atoms in total. The lowest BCUT2D eigenvalue weighted by atomic mass is 9.88. The fourth-order valence-corrected chi connectivity index (χ4v) is 6.55. The Morgan fingerprint density at radius 2 is 1.89 bits per heavy atom. The molecule has 2 aliphatic rings. The molecule has 2 aromatic heterocycles. The van der Waals surface area contributed by atoms with Crippen molar-refractivity contribution in [2.24, 2.45) is 0 Å². The predicted molar refractivity (Wildman–Crippen MR) is 163 cm³/mol. The van der Waals surface area contributed by atoms with Crippen molar-refractivity contribution in [3.05, 3.63) is 77.6 Å². The van der Waals surface area contributed by atoms with E-state index in [1.165, 1.54) is 35.9 Å². The molecule has 1 amide bonds. The van der Waals surface area contributed by atoms with Gasteiger partial charge in [0.1, 0.15) is 27.8 Å². The Kier molecular flexibility index (Phi) is 8.99. The van der Waals surface area contributed by atoms with Gasteiger partial charge in [0.25, 0.3) is 5.91 Å². The molecule has 2 N–H and O–H groups in total. The number of aliphatic hydroxyl groups is 1. The summed E-state index contributed by atoms with van der Waals surface area (Å²) in [4.78, 5) is 21.6. The zero-order valence-corrected chi connectivity index (χ0v) is 25.0. The Labute approximate surface area is 261 Å². The minimum atomic E-state index is -4.82. The van der Waals surface area contributed by atoms with E-state index in [1.807, 2.05) is 0 Å². The van der Waals surface area contributed by atoms with Crippen molar-refractivity contribution in [2.45, 2.75) is 24.6 Å². The fourth-order valence-electron chi connectivity index (χ4n) is 5.75. The minimum Gasteiger partial charge on any atom is -0.457 e. The van der Waals surface area contributed by atoms with E-state index in [1.54, 1.807) is 46.7 Å². The molecule has 14 heteroatoms. The Hall–Kier alpha value is -4.11. The third kappa shape index (κ3) is 6.93. The molecule has 2 aromatic carbocycles. The number of hydrogen-bond acceptors (Lipinski definition) is 10. The molecule has 0 saturated carbocycles. The van der Waals surface area contributed by atoms with Crippen LogP contribution in [0.15, 0.2) is 66.3 Å². The smallest absolute Gasteiger partial charge is 0.422 e. The number of β-amino-alcohol motifs (C(OH)–C–C–N with tert-alkyl or cyclic N) is 1. The third-order valence-corrected chi connectivity index (χ3v) is 8.85. The van der Waals surface area contributed by atoms with Crippen molar-refractivity contribution in [1.82, 2.24) is 20.1 Å². The summed E-state index contributed by atoms with van der Waals surface area (Å²) < 4.78 is 57.2. The number of piperidine rings is 1. The number of carbonyl (C=O) groups excluding carboxylic acids is 1. The van der Waals surface area contributed by atoms with E-state index in [0.29, 0.717) is 43.0 Å². The molecule has 0 atom stereocenters. The number of halogens is 3. The second-order valence-electron chi connectivity index (χ2n) is 10.9. The molecular weight excluding hydrogens is 609 g/mol. The number of nitrogens with zero attached hydrogens (tertiary/aromatic N) is 5. The van der Waals surface area contributed by atoms with Crippen molar-refractivity contribution in [3.8, 4) is 22.1 Å². The first-order chi connectivity index (χ1) is 21.7. The maximum atomic E-state index is 15.1. The minimum absolute atomic E-state index is 0.0115. The summed E-state index contributed by atoms with van der Waals surface area (Å²) >= 11 is 1.22. The van der Waals surface area contributed by atoms with Gasteiger partial charge in [0.05, 0.1) is 42.6 Å². The molecule has 6 rings (SSSR count). The quantitative estimate of drug-likeness (QED) is 0.264. The van der Waals surface area contributed by atoms with Crippen LogP contribution in [0.4, 0.5) is 24.5 Å². The maximum absolute atomic E-state index is 15.1. The molecule has 1 spiro atoms. The van der Waals surface area contributed by atoms with Crippen LogP contribution in [0.25, 0.3) is 10.6 Å². The van der Waals surface area contributed by atoms with E-state index in [-0.39, 0.29) is 54.9 Å². The lowest BCUT2D eigenvalue weighted by Gasteiger charge is -2.48. The van der Waals surface area contributed by atoms with Gasteiger partial charge in [-0.25, -0.2) is 4.98 Å². The van der Waals surface area contributed by atoms with Gasteiger partial charge >= 0.3 is 6.18 Å². The van der Waals surface area contributed by atoms with Crippen LogP contribution >= 0.6 is 11.3 Å². The number of hydrogen-bond donors (Lipinski definition) is 2. The number of thiazole rings is 1. The largest absolute Gasteiger partial charge is 0.457 e. The van der Waals surface area contributed by atoms with E-state index in [4.69, 9.17) is 9.47 Å². The first-order valence-electron chi connectivity index (χ1n) is 14.5. The van der Waals surface area contributed by atoms with Crippen LogP contribution < -0.4 is 15.0 Å². The zero-order valence-electron chi connectivity index (χ0n) is 24.2. The summed E-state index contributed by atoms with van der Waals surface area (Å²) in [5.41, 5.74) is -1.12. The maximum Gasteiger partial charge on any atom is 0.422 e. The van der Waals surface area contributed by atoms with Crippen LogP contribution in [0.2, 0.25) is 0 Å². The number of aliphatic hydroxyl groups excluding tert-OH is 1. The van der Waals surface area contributed by atoms with Gasteiger partial charge < -0.3 is 29.7 Å². The highest BCUT2D eigenvalue weighted by atomic mass is 32.1. The number of amides is 1. The van der Waals surface area contributed by atoms with E-state index < -0.39 is 23.2 Å². The van der Waals surface area contributed by atoms with Crippen molar-refractivity contribution >= 4 is 28.6 Å². The van der Waals surface area contributed by atoms with Gasteiger partial charge in [-0.1, -0.05) is 18.2 Å². The van der Waals surface area contributed by atoms with Crippen molar-refractivity contribution in [2.75, 3.05) is 56.2 Å². The van der Waals surface area contributed by atoms with Crippen LogP contribution in [0.1, 0.15) is 28.9 Å². The van der Waals surface area contributed by atoms with Gasteiger partial charge in [0.15, 0.2) is 0 Å². The summed E-state index contributed by atoms with van der Waals surface area (Å²) in [6.45, 7) is 2.45. The average Bonchev–Trinajstić information content (AvgIpc) is 3.54. The van der Waals surface area contributed by atoms with E-state index >= 15 is 13.2 Å². The van der Waals surface area contributed by atoms with Gasteiger partial charge in [-0.2, -0.15) is 23.4 Å². The monoisotopic (exact) mass is 640 g/mol. The Balaban J connectivity index is 1.37. The summed E-state index contributed by atoms with van der Waals surface area (Å²) in [5, 5.41) is 21.7. The predicted octanol–water partition coefficient (Wildman–Crippen LogP) is 5.33. The van der Waals surface area contributed by atoms with E-state index in [2.05, 4.69) is 25.4 Å². The molecule has 2 aliphatic heterocycles. The number of likely N-dealkylation sites (tertiary alicyclic amines) is 1. The molecule has 2 fully saturated rings. The molecular formula is C31H31F3N6O4S. The van der Waals surface area contributed by atoms with Gasteiger partial charge in [-0.15, -0.1) is 11.3 Å². The van der Waals surface area contributed by atoms with Crippen LogP contribution in [0.3, 0.4) is 0 Å². The first-order valence-corrected chi connectivity index (χ1v) is 15.4. The Bertz CT molecular complexity index is 1610. The van der Waals surface area contributed by atoms with Gasteiger partial charge in [0, 0.05) is 43.7 Å². The van der Waals surface area contributed by atoms with Crippen LogP contribution in [-0.4, -0.2) is 82.6 Å². The lowest BCUT2D eigenvalue weighted by Crippen LogP contribution is -2.57. The highest BCUT2D eigenvalue weighted by Gasteiger charge is 2.45. The molecule has 45 heavy (non-hydrogen) atoms. The van der Waals surface area contributed by atoms with Gasteiger partial charge in [-0.3, -0.25) is 4.79 Å². The SMILES string of the molecule is O=C(Nc1ccc(Oc2ccccc2)c(C(F)(F)F)c1N1CCOC2(CCN(CCO)CC2)C1)c1csc(-c2ccnnc2)n1. The number of aromatic nitrogens is 3. The first kappa shape index (κ1) is 30.9. The second kappa shape index (κ2) is 13.1. The van der Waals surface area contributed by atoms with Gasteiger partial charge in [0.2, 0.25) is 0 Å². The summed E-state index contributed by atoms with van der Waals surface area (Å²) in [6, 6.07) is 12.6. The average molecular weight is 641 g/mol. The molecule has 4 heterocycles. The highest BCUT2D eigenvalue weighted by Crippen LogP contribution is 2.49. The Morgan fingerprint density at radius 1 is 1.09 bits per heavy atom. The number of rotatable bonds is 8. The molecule has 2 saturated heterocycles. The standard InChI is InChI=1S/C31H31F3N6O4S/c32-31(33,34)26-25(44-22-4-2-1-3-5-22)7-6-23(37-28(42)24-19-45-29(38-24)21-8-11-35-36-18-21)27(26)40-15-17-43-30(20-40)9-12-39(13-10-30)14-16-41/h1-8,11,18-19,41H,9-10,12-17,20H2,(H,37,42). The molecule has 0 bridgehead atoms. The molecule has 0 aliphatic carbocycles. The number of benzene rings is 2. The number of alkyl halides is 3. The van der Waals surface area contributed by atoms with Gasteiger partial charge in [-0.05, 0) is 43.2 Å². The zero-order chi connectivity index (χ0) is 31.4. The molecule has 0 radical (unpaired) electrons. The topological polar surface area (TPSA) is 113 Å². The van der Waals surface area contributed by atoms with Crippen molar-refractivity contribution < 1.29 is 32.5 Å². The second-order valence-corrected chi connectivity index (χ2v) is 11.7. The molecule has 0 unspecified atom stereocenters.